The molecule has 6 heteroatoms. The summed E-state index contributed by atoms with van der Waals surface area (Å²) in [5.41, 5.74) is 0.605. The normalized spacial score (nSPS) is 10.0. The molecule has 0 atom stereocenters. The first-order chi connectivity index (χ1) is 7.75. The summed E-state index contributed by atoms with van der Waals surface area (Å²) in [4.78, 5) is 18.3. The van der Waals surface area contributed by atoms with E-state index in [-0.39, 0.29) is 6.54 Å². The molecular formula is C10H9N3O3. The zero-order valence-electron chi connectivity index (χ0n) is 8.25. The summed E-state index contributed by atoms with van der Waals surface area (Å²) in [5, 5.41) is 11.2. The molecule has 0 saturated carbocycles. The van der Waals surface area contributed by atoms with Gasteiger partial charge in [0.05, 0.1) is 6.26 Å². The molecule has 0 saturated heterocycles. The number of nitrogens with zero attached hydrogens (tertiary/aromatic N) is 2. The number of nitrogens with one attached hydrogen (secondary N) is 1. The summed E-state index contributed by atoms with van der Waals surface area (Å²) in [7, 11) is 0. The summed E-state index contributed by atoms with van der Waals surface area (Å²) in [6.07, 6.45) is 2.89. The number of hydrogen-bond acceptors (Lipinski definition) is 5. The van der Waals surface area contributed by atoms with Gasteiger partial charge in [-0.25, -0.2) is 9.97 Å². The average molecular weight is 219 g/mol. The third-order valence-corrected chi connectivity index (χ3v) is 1.86. The largest absolute Gasteiger partial charge is 0.480 e. The molecule has 82 valence electrons. The molecule has 0 spiro atoms. The van der Waals surface area contributed by atoms with Crippen LogP contribution in [-0.4, -0.2) is 27.6 Å². The summed E-state index contributed by atoms with van der Waals surface area (Å²) in [6, 6.07) is 5.15. The van der Waals surface area contributed by atoms with E-state index in [1.807, 2.05) is 0 Å². The maximum absolute atomic E-state index is 10.4. The van der Waals surface area contributed by atoms with Crippen LogP contribution in [0.2, 0.25) is 0 Å². The number of aliphatic carboxylic acids is 1. The smallest absolute Gasteiger partial charge is 0.322 e. The number of carboxylic acids is 1. The van der Waals surface area contributed by atoms with Gasteiger partial charge in [0.25, 0.3) is 0 Å². The highest BCUT2D eigenvalue weighted by Gasteiger charge is 2.04. The number of aromatic nitrogens is 2. The fourth-order valence-corrected chi connectivity index (χ4v) is 1.18. The van der Waals surface area contributed by atoms with Gasteiger partial charge in [-0.3, -0.25) is 4.79 Å². The van der Waals surface area contributed by atoms with Crippen molar-refractivity contribution in [1.82, 2.24) is 9.97 Å². The van der Waals surface area contributed by atoms with E-state index in [0.717, 1.165) is 0 Å². The third kappa shape index (κ3) is 2.35. The first kappa shape index (κ1) is 10.2. The van der Waals surface area contributed by atoms with E-state index in [9.17, 15) is 4.79 Å². The Morgan fingerprint density at radius 2 is 2.38 bits per heavy atom. The van der Waals surface area contributed by atoms with Crippen LogP contribution in [0.3, 0.4) is 0 Å². The first-order valence-corrected chi connectivity index (χ1v) is 4.57. The zero-order chi connectivity index (χ0) is 11.4. The van der Waals surface area contributed by atoms with Gasteiger partial charge in [0.1, 0.15) is 24.4 Å². The molecule has 0 aromatic carbocycles. The minimum absolute atomic E-state index is 0.186. The highest BCUT2D eigenvalue weighted by Crippen LogP contribution is 2.18. The monoisotopic (exact) mass is 219 g/mol. The fourth-order valence-electron chi connectivity index (χ4n) is 1.18. The maximum atomic E-state index is 10.4. The lowest BCUT2D eigenvalue weighted by Gasteiger charge is -2.02. The third-order valence-electron chi connectivity index (χ3n) is 1.86. The van der Waals surface area contributed by atoms with Crippen LogP contribution in [0.15, 0.2) is 35.2 Å². The number of hydrogen-bond donors (Lipinski definition) is 2. The van der Waals surface area contributed by atoms with Gasteiger partial charge in [0.2, 0.25) is 0 Å². The molecule has 0 fully saturated rings. The van der Waals surface area contributed by atoms with Crippen LogP contribution >= 0.6 is 0 Å². The Hall–Kier alpha value is -2.37. The van der Waals surface area contributed by atoms with Crippen LogP contribution in [0.1, 0.15) is 0 Å². The van der Waals surface area contributed by atoms with E-state index in [2.05, 4.69) is 15.3 Å². The highest BCUT2D eigenvalue weighted by molar-refractivity contribution is 5.72. The predicted octanol–water partition coefficient (Wildman–Crippen LogP) is 1.23. The molecule has 2 N–H and O–H groups in total. The number of carboxylic acid groups (broad SMARTS) is 1. The van der Waals surface area contributed by atoms with Crippen LogP contribution in [0.25, 0.3) is 11.5 Å². The number of carbonyl (C=O) groups is 1. The predicted molar refractivity (Wildman–Crippen MR) is 55.9 cm³/mol. The van der Waals surface area contributed by atoms with E-state index in [4.69, 9.17) is 9.52 Å². The van der Waals surface area contributed by atoms with Crippen molar-refractivity contribution in [1.29, 1.82) is 0 Å². The molecule has 2 aromatic rings. The highest BCUT2D eigenvalue weighted by atomic mass is 16.4. The van der Waals surface area contributed by atoms with Crippen LogP contribution < -0.4 is 5.32 Å². The van der Waals surface area contributed by atoms with E-state index in [0.29, 0.717) is 17.3 Å². The first-order valence-electron chi connectivity index (χ1n) is 4.57. The van der Waals surface area contributed by atoms with E-state index in [1.165, 1.54) is 6.33 Å². The lowest BCUT2D eigenvalue weighted by atomic mass is 10.3. The molecule has 0 unspecified atom stereocenters. The van der Waals surface area contributed by atoms with E-state index in [1.54, 1.807) is 24.5 Å². The van der Waals surface area contributed by atoms with Crippen molar-refractivity contribution in [3.8, 4) is 11.5 Å². The van der Waals surface area contributed by atoms with Crippen molar-refractivity contribution in [3.05, 3.63) is 30.8 Å². The molecule has 0 aliphatic carbocycles. The van der Waals surface area contributed by atoms with Crippen molar-refractivity contribution in [2.24, 2.45) is 0 Å². The average Bonchev–Trinajstić information content (AvgIpc) is 2.80. The zero-order valence-corrected chi connectivity index (χ0v) is 8.25. The second-order valence-corrected chi connectivity index (χ2v) is 3.01. The second kappa shape index (κ2) is 4.43. The van der Waals surface area contributed by atoms with Gasteiger partial charge in [0, 0.05) is 6.07 Å². The Morgan fingerprint density at radius 1 is 1.50 bits per heavy atom. The molecule has 2 rings (SSSR count). The topological polar surface area (TPSA) is 88.2 Å². The SMILES string of the molecule is O=C(O)CNc1cc(-c2ccco2)ncn1. The number of anilines is 1. The van der Waals surface area contributed by atoms with Gasteiger partial charge < -0.3 is 14.8 Å². The van der Waals surface area contributed by atoms with E-state index >= 15 is 0 Å². The standard InChI is InChI=1S/C10H9N3O3/c14-10(15)5-11-9-4-7(12-6-13-9)8-2-1-3-16-8/h1-4,6H,5H2,(H,14,15)(H,11,12,13). The summed E-state index contributed by atoms with van der Waals surface area (Å²) in [6.45, 7) is -0.186. The Balaban J connectivity index is 2.17. The Morgan fingerprint density at radius 3 is 3.06 bits per heavy atom. The van der Waals surface area contributed by atoms with Crippen molar-refractivity contribution < 1.29 is 14.3 Å². The minimum atomic E-state index is -0.946. The molecule has 16 heavy (non-hydrogen) atoms. The van der Waals surface area contributed by atoms with Gasteiger partial charge in [-0.1, -0.05) is 0 Å². The second-order valence-electron chi connectivity index (χ2n) is 3.01. The molecule has 0 aliphatic heterocycles. The van der Waals surface area contributed by atoms with Crippen molar-refractivity contribution in [2.75, 3.05) is 11.9 Å². The van der Waals surface area contributed by atoms with Crippen molar-refractivity contribution in [2.45, 2.75) is 0 Å². The van der Waals surface area contributed by atoms with Gasteiger partial charge in [-0.05, 0) is 12.1 Å². The Labute approximate surface area is 91.0 Å². The van der Waals surface area contributed by atoms with Gasteiger partial charge in [-0.15, -0.1) is 0 Å². The molecule has 0 bridgehead atoms. The molecule has 0 aliphatic rings. The molecule has 6 nitrogen and oxygen atoms in total. The quantitative estimate of drug-likeness (QED) is 0.804. The maximum Gasteiger partial charge on any atom is 0.322 e. The summed E-state index contributed by atoms with van der Waals surface area (Å²) in [5.74, 6) is 0.114. The van der Waals surface area contributed by atoms with Crippen LogP contribution in [0.4, 0.5) is 5.82 Å². The van der Waals surface area contributed by atoms with Crippen LogP contribution in [0.5, 0.6) is 0 Å². The van der Waals surface area contributed by atoms with Crippen molar-refractivity contribution >= 4 is 11.8 Å². The molecule has 2 heterocycles. The fraction of sp³-hybridized carbons (Fsp3) is 0.100. The summed E-state index contributed by atoms with van der Waals surface area (Å²) < 4.78 is 5.17. The Bertz CT molecular complexity index is 482. The number of furan rings is 1. The molecule has 2 aromatic heterocycles. The lowest BCUT2D eigenvalue weighted by Crippen LogP contribution is -2.13. The van der Waals surface area contributed by atoms with Gasteiger partial charge in [0.15, 0.2) is 5.76 Å². The summed E-state index contributed by atoms with van der Waals surface area (Å²) >= 11 is 0. The molecule has 0 amide bonds. The van der Waals surface area contributed by atoms with E-state index < -0.39 is 5.97 Å². The Kier molecular flexibility index (Phi) is 2.81. The van der Waals surface area contributed by atoms with Crippen LogP contribution in [-0.2, 0) is 4.79 Å². The van der Waals surface area contributed by atoms with Gasteiger partial charge >= 0.3 is 5.97 Å². The molecule has 0 radical (unpaired) electrons. The lowest BCUT2D eigenvalue weighted by molar-refractivity contribution is -0.134. The molecular weight excluding hydrogens is 210 g/mol. The van der Waals surface area contributed by atoms with Crippen LogP contribution in [0, 0.1) is 0 Å². The number of rotatable bonds is 4. The van der Waals surface area contributed by atoms with Gasteiger partial charge in [-0.2, -0.15) is 0 Å². The minimum Gasteiger partial charge on any atom is -0.480 e. The van der Waals surface area contributed by atoms with Crippen molar-refractivity contribution in [3.63, 3.8) is 0 Å².